The fourth-order valence-electron chi connectivity index (χ4n) is 5.40. The van der Waals surface area contributed by atoms with Gasteiger partial charge in [-0.3, -0.25) is 9.59 Å². The summed E-state index contributed by atoms with van der Waals surface area (Å²) in [4.78, 5) is 34.3. The molecule has 1 fully saturated rings. The predicted octanol–water partition coefficient (Wildman–Crippen LogP) is 5.04. The standard InChI is InChI=1S/C26H28ClN3O2/c1-3-4-7-14-29-16-22(31)30-15-20(17-10-12-18(27)13-11-17)23-19-8-5-6-9-21(19)28-24(23)26(30,2)25(29)32/h5-6,8-13,20,28H,3-4,7,14-16H2,1-2H3/t20-,26-/m0/s1. The Hall–Kier alpha value is -2.79. The van der Waals surface area contributed by atoms with Crippen LogP contribution in [0.25, 0.3) is 10.9 Å². The van der Waals surface area contributed by atoms with Crippen LogP contribution in [0, 0.1) is 0 Å². The number of halogens is 1. The molecule has 0 aliphatic carbocycles. The number of H-pyrrole nitrogens is 1. The summed E-state index contributed by atoms with van der Waals surface area (Å²) >= 11 is 6.15. The topological polar surface area (TPSA) is 56.4 Å². The van der Waals surface area contributed by atoms with Gasteiger partial charge < -0.3 is 14.8 Å². The van der Waals surface area contributed by atoms with Gasteiger partial charge in [-0.2, -0.15) is 0 Å². The highest BCUT2D eigenvalue weighted by Crippen LogP contribution is 2.48. The Bertz CT molecular complexity index is 1190. The second-order valence-corrected chi connectivity index (χ2v) is 9.51. The van der Waals surface area contributed by atoms with E-state index < -0.39 is 5.54 Å². The number of amides is 2. The number of hydrogen-bond acceptors (Lipinski definition) is 2. The molecule has 1 saturated heterocycles. The first-order valence-corrected chi connectivity index (χ1v) is 11.8. The highest BCUT2D eigenvalue weighted by molar-refractivity contribution is 6.30. The van der Waals surface area contributed by atoms with E-state index in [9.17, 15) is 9.59 Å². The van der Waals surface area contributed by atoms with E-state index in [0.717, 1.165) is 47.0 Å². The molecule has 0 spiro atoms. The normalized spacial score (nSPS) is 22.9. The van der Waals surface area contributed by atoms with Crippen molar-refractivity contribution in [2.24, 2.45) is 0 Å². The van der Waals surface area contributed by atoms with Gasteiger partial charge in [0, 0.05) is 34.9 Å². The molecule has 6 heteroatoms. The zero-order valence-electron chi connectivity index (χ0n) is 18.5. The molecule has 3 heterocycles. The third-order valence-electron chi connectivity index (χ3n) is 7.12. The molecule has 5 rings (SSSR count). The second-order valence-electron chi connectivity index (χ2n) is 9.07. The molecule has 0 bridgehead atoms. The number of aromatic amines is 1. The number of nitrogens with one attached hydrogen (secondary N) is 1. The molecule has 5 nitrogen and oxygen atoms in total. The first kappa shape index (κ1) is 21.1. The Kier molecular flexibility index (Phi) is 5.25. The fourth-order valence-corrected chi connectivity index (χ4v) is 5.53. The van der Waals surface area contributed by atoms with Crippen LogP contribution in [0.3, 0.4) is 0 Å². The van der Waals surface area contributed by atoms with Gasteiger partial charge in [0.25, 0.3) is 5.91 Å². The summed E-state index contributed by atoms with van der Waals surface area (Å²) in [6, 6.07) is 16.0. The van der Waals surface area contributed by atoms with Crippen LogP contribution in [0.1, 0.15) is 55.8 Å². The molecule has 1 aromatic heterocycles. The van der Waals surface area contributed by atoms with Gasteiger partial charge in [-0.05, 0) is 42.7 Å². The number of unbranched alkanes of at least 4 members (excludes halogenated alkanes) is 2. The van der Waals surface area contributed by atoms with Gasteiger partial charge in [0.2, 0.25) is 5.91 Å². The molecule has 2 aromatic carbocycles. The Labute approximate surface area is 193 Å². The van der Waals surface area contributed by atoms with Gasteiger partial charge in [-0.25, -0.2) is 0 Å². The summed E-state index contributed by atoms with van der Waals surface area (Å²) in [6.07, 6.45) is 3.04. The fraction of sp³-hybridized carbons (Fsp3) is 0.385. The highest BCUT2D eigenvalue weighted by atomic mass is 35.5. The van der Waals surface area contributed by atoms with Crippen molar-refractivity contribution in [3.05, 3.63) is 70.4 Å². The maximum Gasteiger partial charge on any atom is 0.254 e. The molecular weight excluding hydrogens is 422 g/mol. The molecule has 0 unspecified atom stereocenters. The SMILES string of the molecule is CCCCCN1CC(=O)N2C[C@@H](c3ccc(Cl)cc3)c3c([nH]c4ccccc34)[C@@]2(C)C1=O. The lowest BCUT2D eigenvalue weighted by molar-refractivity contribution is -0.166. The monoisotopic (exact) mass is 449 g/mol. The predicted molar refractivity (Wildman–Crippen MR) is 127 cm³/mol. The first-order valence-electron chi connectivity index (χ1n) is 11.4. The van der Waals surface area contributed by atoms with E-state index in [1.807, 2.05) is 49.4 Å². The van der Waals surface area contributed by atoms with E-state index >= 15 is 0 Å². The van der Waals surface area contributed by atoms with Crippen LogP contribution in [0.15, 0.2) is 48.5 Å². The van der Waals surface area contributed by atoms with E-state index in [2.05, 4.69) is 18.0 Å². The second kappa shape index (κ2) is 7.96. The Morgan fingerprint density at radius 1 is 1.09 bits per heavy atom. The maximum atomic E-state index is 13.8. The molecule has 3 aromatic rings. The summed E-state index contributed by atoms with van der Waals surface area (Å²) < 4.78 is 0. The van der Waals surface area contributed by atoms with Crippen molar-refractivity contribution < 1.29 is 9.59 Å². The van der Waals surface area contributed by atoms with Crippen molar-refractivity contribution in [1.82, 2.24) is 14.8 Å². The third kappa shape index (κ3) is 3.14. The zero-order valence-corrected chi connectivity index (χ0v) is 19.3. The maximum absolute atomic E-state index is 13.8. The van der Waals surface area contributed by atoms with E-state index in [0.29, 0.717) is 18.1 Å². The molecule has 2 atom stereocenters. The van der Waals surface area contributed by atoms with Crippen LogP contribution in [0.5, 0.6) is 0 Å². The first-order chi connectivity index (χ1) is 15.4. The molecule has 1 N–H and O–H groups in total. The smallest absolute Gasteiger partial charge is 0.254 e. The van der Waals surface area contributed by atoms with Crippen LogP contribution in [-0.4, -0.2) is 46.2 Å². The van der Waals surface area contributed by atoms with Crippen molar-refractivity contribution >= 4 is 34.3 Å². The lowest BCUT2D eigenvalue weighted by Crippen LogP contribution is -2.67. The van der Waals surface area contributed by atoms with Crippen LogP contribution in [0.2, 0.25) is 5.02 Å². The number of carbonyl (C=O) groups excluding carboxylic acids is 2. The number of rotatable bonds is 5. The molecule has 2 aliphatic rings. The molecule has 0 radical (unpaired) electrons. The van der Waals surface area contributed by atoms with E-state index in [1.54, 1.807) is 9.80 Å². The Morgan fingerprint density at radius 2 is 1.84 bits per heavy atom. The van der Waals surface area contributed by atoms with E-state index in [1.165, 1.54) is 0 Å². The van der Waals surface area contributed by atoms with Crippen LogP contribution in [-0.2, 0) is 15.1 Å². The van der Waals surface area contributed by atoms with E-state index in [-0.39, 0.29) is 24.3 Å². The van der Waals surface area contributed by atoms with Crippen LogP contribution in [0.4, 0.5) is 0 Å². The molecular formula is C26H28ClN3O2. The van der Waals surface area contributed by atoms with Crippen molar-refractivity contribution in [1.29, 1.82) is 0 Å². The minimum absolute atomic E-state index is 0.00636. The van der Waals surface area contributed by atoms with Crippen LogP contribution >= 0.6 is 11.6 Å². The molecule has 2 amide bonds. The molecule has 166 valence electrons. The van der Waals surface area contributed by atoms with Crippen molar-refractivity contribution in [3.8, 4) is 0 Å². The number of fused-ring (bicyclic) bond motifs is 5. The van der Waals surface area contributed by atoms with Gasteiger partial charge in [-0.1, -0.05) is 61.7 Å². The quantitative estimate of drug-likeness (QED) is 0.554. The van der Waals surface area contributed by atoms with Gasteiger partial charge in [-0.15, -0.1) is 0 Å². The third-order valence-corrected chi connectivity index (χ3v) is 7.37. The minimum Gasteiger partial charge on any atom is -0.356 e. The average Bonchev–Trinajstić information content (AvgIpc) is 3.19. The number of aromatic nitrogens is 1. The number of benzene rings is 2. The number of piperazine rings is 1. The molecule has 2 aliphatic heterocycles. The van der Waals surface area contributed by atoms with Gasteiger partial charge >= 0.3 is 0 Å². The largest absolute Gasteiger partial charge is 0.356 e. The molecule has 0 saturated carbocycles. The number of para-hydroxylation sites is 1. The lowest BCUT2D eigenvalue weighted by atomic mass is 9.76. The summed E-state index contributed by atoms with van der Waals surface area (Å²) in [5.41, 5.74) is 3.00. The van der Waals surface area contributed by atoms with E-state index in [4.69, 9.17) is 11.6 Å². The van der Waals surface area contributed by atoms with Crippen LogP contribution < -0.4 is 0 Å². The molecule has 32 heavy (non-hydrogen) atoms. The number of carbonyl (C=O) groups is 2. The Balaban J connectivity index is 1.67. The van der Waals surface area contributed by atoms with Crippen molar-refractivity contribution in [2.75, 3.05) is 19.6 Å². The zero-order chi connectivity index (χ0) is 22.5. The van der Waals surface area contributed by atoms with Gasteiger partial charge in [0.15, 0.2) is 5.54 Å². The average molecular weight is 450 g/mol. The number of nitrogens with zero attached hydrogens (tertiary/aromatic N) is 2. The summed E-state index contributed by atoms with van der Waals surface area (Å²) in [7, 11) is 0. The van der Waals surface area contributed by atoms with Crippen molar-refractivity contribution in [3.63, 3.8) is 0 Å². The summed E-state index contributed by atoms with van der Waals surface area (Å²) in [5.74, 6) is -0.0164. The minimum atomic E-state index is -1.03. The van der Waals surface area contributed by atoms with Gasteiger partial charge in [0.05, 0.1) is 12.2 Å². The lowest BCUT2D eigenvalue weighted by Gasteiger charge is -2.51. The van der Waals surface area contributed by atoms with Gasteiger partial charge in [0.1, 0.15) is 0 Å². The summed E-state index contributed by atoms with van der Waals surface area (Å²) in [6.45, 7) is 5.30. The highest BCUT2D eigenvalue weighted by Gasteiger charge is 2.56. The Morgan fingerprint density at radius 3 is 2.59 bits per heavy atom. The number of hydrogen-bond donors (Lipinski definition) is 1. The summed E-state index contributed by atoms with van der Waals surface area (Å²) in [5, 5.41) is 1.78. The van der Waals surface area contributed by atoms with Crippen molar-refractivity contribution in [2.45, 2.75) is 44.6 Å².